The van der Waals surface area contributed by atoms with Crippen molar-refractivity contribution < 1.29 is 8.42 Å². The molecule has 2 fully saturated rings. The number of piperazine rings is 1. The van der Waals surface area contributed by atoms with E-state index in [-0.39, 0.29) is 6.04 Å². The normalized spacial score (nSPS) is 22.8. The van der Waals surface area contributed by atoms with Crippen molar-refractivity contribution in [2.24, 2.45) is 0 Å². The fourth-order valence-electron chi connectivity index (χ4n) is 3.84. The molecule has 2 aliphatic heterocycles. The molecule has 1 aromatic carbocycles. The smallest absolute Gasteiger partial charge is 0.279 e. The number of nitrogens with one attached hydrogen (secondary N) is 1. The lowest BCUT2D eigenvalue weighted by Crippen LogP contribution is -2.52. The van der Waals surface area contributed by atoms with Crippen LogP contribution in [0.1, 0.15) is 37.3 Å². The molecule has 2 saturated heterocycles. The second-order valence-electron chi connectivity index (χ2n) is 7.43. The predicted octanol–water partition coefficient (Wildman–Crippen LogP) is 1.69. The van der Waals surface area contributed by atoms with Crippen LogP contribution in [0.4, 0.5) is 0 Å². The van der Waals surface area contributed by atoms with Gasteiger partial charge >= 0.3 is 0 Å². The zero-order valence-electron chi connectivity index (χ0n) is 15.8. The average Bonchev–Trinajstić information content (AvgIpc) is 2.92. The van der Waals surface area contributed by atoms with E-state index in [2.05, 4.69) is 26.7 Å². The van der Waals surface area contributed by atoms with Gasteiger partial charge in [-0.2, -0.15) is 12.7 Å². The van der Waals surface area contributed by atoms with E-state index in [0.717, 1.165) is 26.2 Å². The first kappa shape index (κ1) is 19.8. The van der Waals surface area contributed by atoms with Gasteiger partial charge in [0.1, 0.15) is 0 Å². The van der Waals surface area contributed by atoms with Gasteiger partial charge in [0, 0.05) is 38.8 Å². The van der Waals surface area contributed by atoms with Crippen LogP contribution in [0.25, 0.3) is 0 Å². The maximum absolute atomic E-state index is 12.8. The molecule has 146 valence electrons. The summed E-state index contributed by atoms with van der Waals surface area (Å²) in [6, 6.07) is 10.4. The van der Waals surface area contributed by atoms with Crippen LogP contribution in [0, 0.1) is 0 Å². The standard InChI is InChI=1S/C19H32N4O2S/c1-21-13-15-23(16-14-21)26(24,25)20-17-19(18-9-5-4-6-10-18)22-11-7-2-3-8-12-22/h4-6,9-10,19-20H,2-3,7-8,11-17H2,1H3/t19-/m1/s1. The molecular weight excluding hydrogens is 348 g/mol. The number of hydrogen-bond donors (Lipinski definition) is 1. The first-order valence-corrected chi connectivity index (χ1v) is 11.2. The molecule has 0 amide bonds. The van der Waals surface area contributed by atoms with E-state index in [1.54, 1.807) is 4.31 Å². The number of nitrogens with zero attached hydrogens (tertiary/aromatic N) is 3. The molecule has 1 N–H and O–H groups in total. The molecular formula is C19H32N4O2S. The van der Waals surface area contributed by atoms with Crippen LogP contribution in [0.3, 0.4) is 0 Å². The molecule has 2 heterocycles. The summed E-state index contributed by atoms with van der Waals surface area (Å²) in [6.45, 7) is 5.20. The zero-order valence-corrected chi connectivity index (χ0v) is 16.6. The quantitative estimate of drug-likeness (QED) is 0.816. The zero-order chi connectivity index (χ0) is 18.4. The van der Waals surface area contributed by atoms with E-state index in [1.807, 2.05) is 25.2 Å². The lowest BCUT2D eigenvalue weighted by molar-refractivity contribution is 0.201. The third-order valence-corrected chi connectivity index (χ3v) is 7.10. The van der Waals surface area contributed by atoms with Gasteiger partial charge < -0.3 is 4.90 Å². The van der Waals surface area contributed by atoms with Crippen molar-refractivity contribution in [2.75, 3.05) is 52.9 Å². The average molecular weight is 381 g/mol. The lowest BCUT2D eigenvalue weighted by atomic mass is 10.1. The van der Waals surface area contributed by atoms with Gasteiger partial charge in [0.05, 0.1) is 0 Å². The Morgan fingerprint density at radius 3 is 2.15 bits per heavy atom. The van der Waals surface area contributed by atoms with E-state index in [0.29, 0.717) is 19.6 Å². The maximum atomic E-state index is 12.8. The van der Waals surface area contributed by atoms with Gasteiger partial charge in [0.15, 0.2) is 0 Å². The minimum absolute atomic E-state index is 0.0940. The number of benzene rings is 1. The Labute approximate surface area is 158 Å². The molecule has 6 nitrogen and oxygen atoms in total. The third-order valence-electron chi connectivity index (χ3n) is 5.53. The van der Waals surface area contributed by atoms with Crippen molar-refractivity contribution in [1.82, 2.24) is 18.8 Å². The molecule has 7 heteroatoms. The van der Waals surface area contributed by atoms with Crippen LogP contribution in [0.15, 0.2) is 30.3 Å². The molecule has 0 bridgehead atoms. The molecule has 3 rings (SSSR count). The summed E-state index contributed by atoms with van der Waals surface area (Å²) >= 11 is 0. The highest BCUT2D eigenvalue weighted by Gasteiger charge is 2.28. The van der Waals surface area contributed by atoms with E-state index in [4.69, 9.17) is 0 Å². The van der Waals surface area contributed by atoms with Crippen molar-refractivity contribution in [1.29, 1.82) is 0 Å². The van der Waals surface area contributed by atoms with Gasteiger partial charge in [-0.25, -0.2) is 4.72 Å². The molecule has 0 radical (unpaired) electrons. The summed E-state index contributed by atoms with van der Waals surface area (Å²) in [4.78, 5) is 4.62. The summed E-state index contributed by atoms with van der Waals surface area (Å²) in [5.74, 6) is 0. The highest BCUT2D eigenvalue weighted by Crippen LogP contribution is 2.24. The molecule has 0 unspecified atom stereocenters. The molecule has 1 atom stereocenters. The highest BCUT2D eigenvalue weighted by molar-refractivity contribution is 7.87. The summed E-state index contributed by atoms with van der Waals surface area (Å²) in [5, 5.41) is 0. The lowest BCUT2D eigenvalue weighted by Gasteiger charge is -2.34. The second kappa shape index (κ2) is 9.28. The molecule has 0 aliphatic carbocycles. The summed E-state index contributed by atoms with van der Waals surface area (Å²) in [6.07, 6.45) is 4.92. The third kappa shape index (κ3) is 5.27. The highest BCUT2D eigenvalue weighted by atomic mass is 32.2. The van der Waals surface area contributed by atoms with E-state index < -0.39 is 10.2 Å². The van der Waals surface area contributed by atoms with Crippen LogP contribution in [0.2, 0.25) is 0 Å². The predicted molar refractivity (Wildman–Crippen MR) is 105 cm³/mol. The van der Waals surface area contributed by atoms with Crippen LogP contribution < -0.4 is 4.72 Å². The van der Waals surface area contributed by atoms with Gasteiger partial charge in [-0.05, 0) is 38.5 Å². The summed E-state index contributed by atoms with van der Waals surface area (Å²) in [7, 11) is -1.40. The minimum Gasteiger partial charge on any atom is -0.304 e. The fraction of sp³-hybridized carbons (Fsp3) is 0.684. The maximum Gasteiger partial charge on any atom is 0.279 e. The Morgan fingerprint density at radius 1 is 0.923 bits per heavy atom. The van der Waals surface area contributed by atoms with Crippen molar-refractivity contribution in [3.8, 4) is 0 Å². The topological polar surface area (TPSA) is 55.9 Å². The second-order valence-corrected chi connectivity index (χ2v) is 9.19. The Balaban J connectivity index is 1.69. The number of likely N-dealkylation sites (N-methyl/N-ethyl adjacent to an activating group) is 1. The fourth-order valence-corrected chi connectivity index (χ4v) is 5.04. The molecule has 26 heavy (non-hydrogen) atoms. The Hall–Kier alpha value is -0.990. The first-order chi connectivity index (χ1) is 12.6. The van der Waals surface area contributed by atoms with E-state index in [1.165, 1.54) is 31.2 Å². The number of hydrogen-bond acceptors (Lipinski definition) is 4. The van der Waals surface area contributed by atoms with Gasteiger partial charge in [0.2, 0.25) is 0 Å². The Bertz CT molecular complexity index is 637. The van der Waals surface area contributed by atoms with E-state index in [9.17, 15) is 8.42 Å². The Kier molecular flexibility index (Phi) is 7.05. The SMILES string of the molecule is CN1CCN(S(=O)(=O)NC[C@H](c2ccccc2)N2CCCCCC2)CC1. The molecule has 2 aliphatic rings. The first-order valence-electron chi connectivity index (χ1n) is 9.78. The van der Waals surface area contributed by atoms with Crippen molar-refractivity contribution in [3.63, 3.8) is 0 Å². The minimum atomic E-state index is -3.43. The largest absolute Gasteiger partial charge is 0.304 e. The van der Waals surface area contributed by atoms with Crippen LogP contribution in [-0.2, 0) is 10.2 Å². The molecule has 1 aromatic rings. The molecule has 0 saturated carbocycles. The summed E-state index contributed by atoms with van der Waals surface area (Å²) in [5.41, 5.74) is 1.19. The van der Waals surface area contributed by atoms with Gasteiger partial charge in [-0.1, -0.05) is 43.2 Å². The van der Waals surface area contributed by atoms with Crippen LogP contribution in [-0.4, -0.2) is 75.4 Å². The molecule has 0 aromatic heterocycles. The monoisotopic (exact) mass is 380 g/mol. The van der Waals surface area contributed by atoms with Crippen molar-refractivity contribution >= 4 is 10.2 Å². The van der Waals surface area contributed by atoms with Crippen molar-refractivity contribution in [2.45, 2.75) is 31.7 Å². The Morgan fingerprint density at radius 2 is 1.54 bits per heavy atom. The summed E-state index contributed by atoms with van der Waals surface area (Å²) < 4.78 is 30.0. The van der Waals surface area contributed by atoms with Crippen LogP contribution in [0.5, 0.6) is 0 Å². The van der Waals surface area contributed by atoms with Crippen molar-refractivity contribution in [3.05, 3.63) is 35.9 Å². The molecule has 0 spiro atoms. The van der Waals surface area contributed by atoms with Gasteiger partial charge in [-0.3, -0.25) is 4.90 Å². The number of rotatable bonds is 6. The van der Waals surface area contributed by atoms with Gasteiger partial charge in [-0.15, -0.1) is 0 Å². The van der Waals surface area contributed by atoms with Gasteiger partial charge in [0.25, 0.3) is 10.2 Å². The number of likely N-dealkylation sites (tertiary alicyclic amines) is 1. The van der Waals surface area contributed by atoms with E-state index >= 15 is 0 Å². The van der Waals surface area contributed by atoms with Crippen LogP contribution >= 0.6 is 0 Å².